The summed E-state index contributed by atoms with van der Waals surface area (Å²) >= 11 is 5.83. The van der Waals surface area contributed by atoms with E-state index in [0.717, 1.165) is 25.9 Å². The first kappa shape index (κ1) is 13.2. The fourth-order valence-corrected chi connectivity index (χ4v) is 2.10. The molecule has 0 aromatic heterocycles. The monoisotopic (exact) mass is 268 g/mol. The lowest BCUT2D eigenvalue weighted by Gasteiger charge is -2.26. The number of hydrogen-bond donors (Lipinski definition) is 1. The second kappa shape index (κ2) is 6.61. The molecule has 0 spiro atoms. The lowest BCUT2D eigenvalue weighted by atomic mass is 10.2. The topological polar surface area (TPSA) is 41.6 Å². The highest BCUT2D eigenvalue weighted by atomic mass is 35.5. The number of benzene rings is 1. The van der Waals surface area contributed by atoms with Gasteiger partial charge in [-0.2, -0.15) is 0 Å². The van der Waals surface area contributed by atoms with Crippen LogP contribution in [0.5, 0.6) is 5.75 Å². The summed E-state index contributed by atoms with van der Waals surface area (Å²) in [4.78, 5) is 11.7. The van der Waals surface area contributed by atoms with Crippen LogP contribution in [0.15, 0.2) is 24.3 Å². The summed E-state index contributed by atoms with van der Waals surface area (Å²) in [5.41, 5.74) is 2.84. The molecule has 18 heavy (non-hydrogen) atoms. The van der Waals surface area contributed by atoms with Crippen LogP contribution in [-0.4, -0.2) is 30.6 Å². The highest BCUT2D eigenvalue weighted by molar-refractivity contribution is 6.30. The molecule has 1 heterocycles. The van der Waals surface area contributed by atoms with Gasteiger partial charge in [0.1, 0.15) is 5.75 Å². The third kappa shape index (κ3) is 4.20. The fraction of sp³-hybridized carbons (Fsp3) is 0.462. The van der Waals surface area contributed by atoms with E-state index in [1.807, 2.05) is 5.01 Å². The van der Waals surface area contributed by atoms with E-state index in [-0.39, 0.29) is 12.5 Å². The van der Waals surface area contributed by atoms with Crippen LogP contribution in [0.1, 0.15) is 19.3 Å². The van der Waals surface area contributed by atoms with Gasteiger partial charge in [0.2, 0.25) is 0 Å². The van der Waals surface area contributed by atoms with E-state index in [1.54, 1.807) is 24.3 Å². The van der Waals surface area contributed by atoms with Gasteiger partial charge in [-0.15, -0.1) is 0 Å². The molecule has 1 fully saturated rings. The smallest absolute Gasteiger partial charge is 0.272 e. The zero-order chi connectivity index (χ0) is 12.8. The number of ether oxygens (including phenoxy) is 1. The third-order valence-electron chi connectivity index (χ3n) is 2.80. The van der Waals surface area contributed by atoms with Gasteiger partial charge in [-0.1, -0.05) is 24.1 Å². The van der Waals surface area contributed by atoms with Crippen LogP contribution in [0.2, 0.25) is 5.02 Å². The largest absolute Gasteiger partial charge is 0.484 e. The molecule has 0 saturated carbocycles. The molecule has 0 radical (unpaired) electrons. The Labute approximate surface area is 112 Å². The normalized spacial score (nSPS) is 16.3. The second-order valence-corrected chi connectivity index (χ2v) is 4.77. The molecule has 1 aliphatic heterocycles. The molecule has 1 amide bonds. The van der Waals surface area contributed by atoms with Crippen LogP contribution < -0.4 is 10.2 Å². The highest BCUT2D eigenvalue weighted by Gasteiger charge is 2.12. The summed E-state index contributed by atoms with van der Waals surface area (Å²) in [5, 5.41) is 2.55. The van der Waals surface area contributed by atoms with Crippen LogP contribution in [0.4, 0.5) is 0 Å². The van der Waals surface area contributed by atoms with Crippen molar-refractivity contribution >= 4 is 17.5 Å². The average Bonchev–Trinajstić information content (AvgIpc) is 2.38. The summed E-state index contributed by atoms with van der Waals surface area (Å²) < 4.78 is 5.37. The molecule has 1 saturated heterocycles. The van der Waals surface area contributed by atoms with Crippen molar-refractivity contribution in [1.29, 1.82) is 0 Å². The summed E-state index contributed by atoms with van der Waals surface area (Å²) in [6.45, 7) is 1.85. The number of hydrogen-bond acceptors (Lipinski definition) is 3. The predicted octanol–water partition coefficient (Wildman–Crippen LogP) is 2.24. The highest BCUT2D eigenvalue weighted by Crippen LogP contribution is 2.16. The molecule has 2 rings (SSSR count). The number of piperidine rings is 1. The summed E-state index contributed by atoms with van der Waals surface area (Å²) in [7, 11) is 0. The Morgan fingerprint density at radius 1 is 1.33 bits per heavy atom. The first-order chi connectivity index (χ1) is 8.74. The number of carbonyl (C=O) groups excluding carboxylic acids is 1. The number of carbonyl (C=O) groups is 1. The van der Waals surface area contributed by atoms with Gasteiger partial charge in [-0.05, 0) is 31.0 Å². The molecule has 1 aromatic carbocycles. The molecule has 0 unspecified atom stereocenters. The van der Waals surface area contributed by atoms with Gasteiger partial charge < -0.3 is 4.74 Å². The molecule has 98 valence electrons. The fourth-order valence-electron chi connectivity index (χ4n) is 1.92. The van der Waals surface area contributed by atoms with Crippen molar-refractivity contribution < 1.29 is 9.53 Å². The minimum Gasteiger partial charge on any atom is -0.484 e. The molecular weight excluding hydrogens is 252 g/mol. The average molecular weight is 269 g/mol. The van der Waals surface area contributed by atoms with Gasteiger partial charge in [0.15, 0.2) is 6.61 Å². The Hall–Kier alpha value is -1.26. The lowest BCUT2D eigenvalue weighted by Crippen LogP contribution is -2.46. The minimum absolute atomic E-state index is 0.0108. The number of hydrazine groups is 1. The molecule has 0 atom stereocenters. The molecule has 5 heteroatoms. The number of halogens is 1. The van der Waals surface area contributed by atoms with E-state index in [4.69, 9.17) is 16.3 Å². The zero-order valence-corrected chi connectivity index (χ0v) is 10.9. The number of rotatable bonds is 4. The quantitative estimate of drug-likeness (QED) is 0.911. The van der Waals surface area contributed by atoms with Crippen molar-refractivity contribution in [2.45, 2.75) is 19.3 Å². The van der Waals surface area contributed by atoms with Crippen LogP contribution >= 0.6 is 11.6 Å². The van der Waals surface area contributed by atoms with Gasteiger partial charge in [0, 0.05) is 18.1 Å². The Balaban J connectivity index is 1.74. The minimum atomic E-state index is -0.128. The van der Waals surface area contributed by atoms with Gasteiger partial charge >= 0.3 is 0 Å². The maximum absolute atomic E-state index is 11.7. The van der Waals surface area contributed by atoms with Crippen LogP contribution in [-0.2, 0) is 4.79 Å². The lowest BCUT2D eigenvalue weighted by molar-refractivity contribution is -0.128. The van der Waals surface area contributed by atoms with Gasteiger partial charge in [0.25, 0.3) is 5.91 Å². The van der Waals surface area contributed by atoms with Crippen LogP contribution in [0, 0.1) is 0 Å². The first-order valence-corrected chi connectivity index (χ1v) is 6.54. The molecule has 1 aliphatic rings. The molecule has 0 bridgehead atoms. The van der Waals surface area contributed by atoms with Crippen molar-refractivity contribution in [1.82, 2.24) is 10.4 Å². The standard InChI is InChI=1S/C13H17ClN2O2/c14-11-5-4-6-12(9-11)18-10-13(17)15-16-7-2-1-3-8-16/h4-6,9H,1-3,7-8,10H2,(H,15,17). The van der Waals surface area contributed by atoms with E-state index in [0.29, 0.717) is 10.8 Å². The molecule has 1 N–H and O–H groups in total. The maximum Gasteiger partial charge on any atom is 0.272 e. The second-order valence-electron chi connectivity index (χ2n) is 4.33. The summed E-state index contributed by atoms with van der Waals surface area (Å²) in [6, 6.07) is 7.03. The molecule has 4 nitrogen and oxygen atoms in total. The van der Waals surface area contributed by atoms with Gasteiger partial charge in [-0.3, -0.25) is 10.2 Å². The number of nitrogens with zero attached hydrogens (tertiary/aromatic N) is 1. The summed E-state index contributed by atoms with van der Waals surface area (Å²) in [6.07, 6.45) is 3.51. The van der Waals surface area contributed by atoms with Crippen LogP contribution in [0.3, 0.4) is 0 Å². The van der Waals surface area contributed by atoms with Crippen molar-refractivity contribution in [2.24, 2.45) is 0 Å². The SMILES string of the molecule is O=C(COc1cccc(Cl)c1)NN1CCCCC1. The van der Waals surface area contributed by atoms with Crippen LogP contribution in [0.25, 0.3) is 0 Å². The molecule has 0 aliphatic carbocycles. The Kier molecular flexibility index (Phi) is 4.84. The Morgan fingerprint density at radius 3 is 2.83 bits per heavy atom. The number of nitrogens with one attached hydrogen (secondary N) is 1. The first-order valence-electron chi connectivity index (χ1n) is 6.17. The van der Waals surface area contributed by atoms with E-state index < -0.39 is 0 Å². The molecule has 1 aromatic rings. The number of amides is 1. The Morgan fingerprint density at radius 2 is 2.11 bits per heavy atom. The van der Waals surface area contributed by atoms with E-state index in [1.165, 1.54) is 6.42 Å². The van der Waals surface area contributed by atoms with Crippen molar-refractivity contribution in [3.63, 3.8) is 0 Å². The zero-order valence-electron chi connectivity index (χ0n) is 10.2. The summed E-state index contributed by atoms with van der Waals surface area (Å²) in [5.74, 6) is 0.480. The van der Waals surface area contributed by atoms with Crippen molar-refractivity contribution in [3.8, 4) is 5.75 Å². The molecular formula is C13H17ClN2O2. The Bertz CT molecular complexity index is 406. The van der Waals surface area contributed by atoms with E-state index in [9.17, 15) is 4.79 Å². The van der Waals surface area contributed by atoms with Gasteiger partial charge in [-0.25, -0.2) is 5.01 Å². The van der Waals surface area contributed by atoms with Crippen molar-refractivity contribution in [3.05, 3.63) is 29.3 Å². The van der Waals surface area contributed by atoms with E-state index in [2.05, 4.69) is 5.43 Å². The maximum atomic E-state index is 11.7. The predicted molar refractivity (Wildman–Crippen MR) is 70.5 cm³/mol. The van der Waals surface area contributed by atoms with E-state index >= 15 is 0 Å². The van der Waals surface area contributed by atoms with Gasteiger partial charge in [0.05, 0.1) is 0 Å². The van der Waals surface area contributed by atoms with Crippen molar-refractivity contribution in [2.75, 3.05) is 19.7 Å². The third-order valence-corrected chi connectivity index (χ3v) is 3.04.